The number of amides is 1. The normalized spacial score (nSPS) is 11.2. The number of rotatable bonds is 3. The van der Waals surface area contributed by atoms with Crippen molar-refractivity contribution in [2.75, 3.05) is 0 Å². The molecule has 0 fully saturated rings. The van der Waals surface area contributed by atoms with Gasteiger partial charge in [0.05, 0.1) is 6.04 Å². The molecule has 0 heterocycles. The lowest BCUT2D eigenvalue weighted by Crippen LogP contribution is -2.28. The second kappa shape index (κ2) is 5.53. The van der Waals surface area contributed by atoms with E-state index in [9.17, 15) is 9.59 Å². The monoisotopic (exact) mass is 152 g/mol. The van der Waals surface area contributed by atoms with Crippen molar-refractivity contribution in [1.29, 1.82) is 0 Å². The van der Waals surface area contributed by atoms with Crippen LogP contribution >= 0.6 is 12.4 Å². The Morgan fingerprint density at radius 3 is 2.22 bits per heavy atom. The van der Waals surface area contributed by atoms with Crippen LogP contribution in [0.4, 0.5) is 0 Å². The molecule has 0 aliphatic heterocycles. The third-order valence-electron chi connectivity index (χ3n) is 0.612. The number of carbonyl (C=O) groups excluding carboxylic acids is 2. The number of carbonyl (C=O) groups is 2. The van der Waals surface area contributed by atoms with E-state index >= 15 is 0 Å². The summed E-state index contributed by atoms with van der Waals surface area (Å²) in [7, 11) is 0. The van der Waals surface area contributed by atoms with Crippen molar-refractivity contribution >= 4 is 24.6 Å². The van der Waals surface area contributed by atoms with Crippen molar-refractivity contribution in [3.63, 3.8) is 0 Å². The molecule has 0 saturated carbocycles. The summed E-state index contributed by atoms with van der Waals surface area (Å²) < 4.78 is 0. The van der Waals surface area contributed by atoms with E-state index in [1.54, 1.807) is 0 Å². The molecule has 9 heavy (non-hydrogen) atoms. The Morgan fingerprint density at radius 1 is 1.67 bits per heavy atom. The van der Waals surface area contributed by atoms with Crippen LogP contribution in [-0.4, -0.2) is 18.2 Å². The summed E-state index contributed by atoms with van der Waals surface area (Å²) in [6.45, 7) is 0. The first-order valence-electron chi connectivity index (χ1n) is 2.16. The fourth-order valence-corrected chi connectivity index (χ4v) is 0.280. The lowest BCUT2D eigenvalue weighted by Gasteiger charge is -1.95. The van der Waals surface area contributed by atoms with Crippen molar-refractivity contribution in [2.24, 2.45) is 11.5 Å². The molecule has 0 unspecified atom stereocenters. The fraction of sp³-hybridized carbons (Fsp3) is 0.500. The first-order valence-corrected chi connectivity index (χ1v) is 2.16. The van der Waals surface area contributed by atoms with E-state index in [4.69, 9.17) is 11.5 Å². The molecule has 0 aliphatic carbocycles. The van der Waals surface area contributed by atoms with E-state index in [1.165, 1.54) is 0 Å². The average Bonchev–Trinajstić information content (AvgIpc) is 1.65. The van der Waals surface area contributed by atoms with Crippen molar-refractivity contribution in [1.82, 2.24) is 0 Å². The zero-order chi connectivity index (χ0) is 6.57. The highest BCUT2D eigenvalue weighted by Gasteiger charge is 2.02. The predicted molar refractivity (Wildman–Crippen MR) is 35.1 cm³/mol. The van der Waals surface area contributed by atoms with Crippen molar-refractivity contribution in [2.45, 2.75) is 12.5 Å². The van der Waals surface area contributed by atoms with Gasteiger partial charge in [0, 0.05) is 6.42 Å². The number of hydrogen-bond donors (Lipinski definition) is 2. The van der Waals surface area contributed by atoms with E-state index in [1.807, 2.05) is 0 Å². The number of nitrogens with two attached hydrogens (primary N) is 2. The van der Waals surface area contributed by atoms with Crippen molar-refractivity contribution < 1.29 is 9.59 Å². The summed E-state index contributed by atoms with van der Waals surface area (Å²) in [6, 6.07) is -0.729. The third kappa shape index (κ3) is 7.39. The number of aldehydes is 1. The molecule has 0 aliphatic rings. The smallest absolute Gasteiger partial charge is 0.219 e. The standard InChI is InChI=1S/C4H8N2O2.ClH/c5-3(2-7)1-4(6)8;/h2-3H,1,5H2,(H2,6,8);1H/t3-;/m0./s1. The number of primary amides is 1. The van der Waals surface area contributed by atoms with Gasteiger partial charge in [0.25, 0.3) is 0 Å². The number of hydrogen-bond acceptors (Lipinski definition) is 3. The minimum absolute atomic E-state index is 0. The van der Waals surface area contributed by atoms with E-state index in [0.29, 0.717) is 6.29 Å². The van der Waals surface area contributed by atoms with Crippen molar-refractivity contribution in [3.05, 3.63) is 0 Å². The highest BCUT2D eigenvalue weighted by atomic mass is 35.5. The second-order valence-electron chi connectivity index (χ2n) is 1.47. The molecule has 0 saturated heterocycles. The molecule has 0 bridgehead atoms. The zero-order valence-corrected chi connectivity index (χ0v) is 5.56. The van der Waals surface area contributed by atoms with Crippen LogP contribution in [-0.2, 0) is 9.59 Å². The van der Waals surface area contributed by atoms with E-state index in [0.717, 1.165) is 0 Å². The molecule has 0 aromatic heterocycles. The van der Waals surface area contributed by atoms with Crippen LogP contribution in [0.1, 0.15) is 6.42 Å². The van der Waals surface area contributed by atoms with Crippen LogP contribution in [0.25, 0.3) is 0 Å². The van der Waals surface area contributed by atoms with Gasteiger partial charge in [0.15, 0.2) is 0 Å². The Morgan fingerprint density at radius 2 is 2.11 bits per heavy atom. The Bertz CT molecular complexity index is 107. The van der Waals surface area contributed by atoms with Gasteiger partial charge in [-0.3, -0.25) is 4.79 Å². The van der Waals surface area contributed by atoms with Gasteiger partial charge in [0.1, 0.15) is 6.29 Å². The first kappa shape index (κ1) is 11.2. The summed E-state index contributed by atoms with van der Waals surface area (Å²) in [5.74, 6) is -0.551. The molecular formula is C4H9ClN2O2. The molecule has 1 atom stereocenters. The van der Waals surface area contributed by atoms with Gasteiger partial charge in [0.2, 0.25) is 5.91 Å². The highest BCUT2D eigenvalue weighted by Crippen LogP contribution is 1.78. The van der Waals surface area contributed by atoms with Gasteiger partial charge in [-0.25, -0.2) is 0 Å². The molecule has 0 aromatic rings. The Hall–Kier alpha value is -0.610. The molecule has 0 rings (SSSR count). The minimum atomic E-state index is -0.729. The maximum atomic E-state index is 9.95. The Kier molecular flexibility index (Phi) is 6.89. The first-order chi connectivity index (χ1) is 3.66. The number of halogens is 1. The van der Waals surface area contributed by atoms with Crippen LogP contribution in [0.5, 0.6) is 0 Å². The topological polar surface area (TPSA) is 86.2 Å². The van der Waals surface area contributed by atoms with Gasteiger partial charge in [-0.2, -0.15) is 0 Å². The molecule has 1 amide bonds. The van der Waals surface area contributed by atoms with Gasteiger partial charge < -0.3 is 16.3 Å². The highest BCUT2D eigenvalue weighted by molar-refractivity contribution is 5.85. The molecule has 0 aromatic carbocycles. The summed E-state index contributed by atoms with van der Waals surface area (Å²) in [5.41, 5.74) is 9.70. The molecule has 0 spiro atoms. The fourth-order valence-electron chi connectivity index (χ4n) is 0.280. The lowest BCUT2D eigenvalue weighted by molar-refractivity contribution is -0.120. The van der Waals surface area contributed by atoms with E-state index in [-0.39, 0.29) is 18.8 Å². The van der Waals surface area contributed by atoms with E-state index in [2.05, 4.69) is 0 Å². The zero-order valence-electron chi connectivity index (χ0n) is 4.74. The van der Waals surface area contributed by atoms with Gasteiger partial charge in [-0.05, 0) is 0 Å². The molecule has 0 radical (unpaired) electrons. The minimum Gasteiger partial charge on any atom is -0.370 e. The molecule has 54 valence electrons. The summed E-state index contributed by atoms with van der Waals surface area (Å²) in [5, 5.41) is 0. The quantitative estimate of drug-likeness (QED) is 0.499. The maximum absolute atomic E-state index is 9.95. The molecule has 4 N–H and O–H groups in total. The molecular weight excluding hydrogens is 144 g/mol. The molecule has 4 nitrogen and oxygen atoms in total. The van der Waals surface area contributed by atoms with Gasteiger partial charge in [-0.15, -0.1) is 12.4 Å². The Balaban J connectivity index is 0. The van der Waals surface area contributed by atoms with Crippen molar-refractivity contribution in [3.8, 4) is 0 Å². The molecule has 5 heteroatoms. The van der Waals surface area contributed by atoms with Crippen LogP contribution in [0, 0.1) is 0 Å². The van der Waals surface area contributed by atoms with Crippen LogP contribution in [0.3, 0.4) is 0 Å². The lowest BCUT2D eigenvalue weighted by atomic mass is 10.2. The summed E-state index contributed by atoms with van der Waals surface area (Å²) in [6.07, 6.45) is 0.425. The predicted octanol–water partition coefficient (Wildman–Crippen LogP) is -1.19. The average molecular weight is 153 g/mol. The van der Waals surface area contributed by atoms with Gasteiger partial charge in [-0.1, -0.05) is 0 Å². The second-order valence-corrected chi connectivity index (χ2v) is 1.47. The van der Waals surface area contributed by atoms with Crippen LogP contribution in [0.15, 0.2) is 0 Å². The third-order valence-corrected chi connectivity index (χ3v) is 0.612. The van der Waals surface area contributed by atoms with Crippen LogP contribution < -0.4 is 11.5 Å². The summed E-state index contributed by atoms with van der Waals surface area (Å²) >= 11 is 0. The largest absolute Gasteiger partial charge is 0.370 e. The van der Waals surface area contributed by atoms with Gasteiger partial charge >= 0.3 is 0 Å². The van der Waals surface area contributed by atoms with Crippen LogP contribution in [0.2, 0.25) is 0 Å². The van der Waals surface area contributed by atoms with E-state index < -0.39 is 11.9 Å². The Labute approximate surface area is 59.0 Å². The maximum Gasteiger partial charge on any atom is 0.219 e. The summed E-state index contributed by atoms with van der Waals surface area (Å²) in [4.78, 5) is 19.7. The SMILES string of the molecule is Cl.NC(=O)C[C@H](N)C=O.